The van der Waals surface area contributed by atoms with E-state index < -0.39 is 0 Å². The molecule has 0 atom stereocenters. The van der Waals surface area contributed by atoms with Gasteiger partial charge in [-0.15, -0.1) is 0 Å². The van der Waals surface area contributed by atoms with Crippen molar-refractivity contribution in [1.29, 1.82) is 0 Å². The van der Waals surface area contributed by atoms with Crippen LogP contribution in [0.15, 0.2) is 84.9 Å². The van der Waals surface area contributed by atoms with Crippen molar-refractivity contribution >= 4 is 11.6 Å². The molecule has 6 heteroatoms. The van der Waals surface area contributed by atoms with Gasteiger partial charge in [-0.3, -0.25) is 9.59 Å². The van der Waals surface area contributed by atoms with Crippen LogP contribution in [-0.4, -0.2) is 36.0 Å². The molecular weight excluding hydrogens is 444 g/mol. The van der Waals surface area contributed by atoms with Gasteiger partial charge in [0.15, 0.2) is 34.6 Å². The highest BCUT2D eigenvalue weighted by atomic mass is 16.5. The van der Waals surface area contributed by atoms with Gasteiger partial charge >= 0.3 is 0 Å². The molecule has 0 amide bonds. The van der Waals surface area contributed by atoms with Crippen LogP contribution in [0.3, 0.4) is 0 Å². The molecule has 0 saturated heterocycles. The van der Waals surface area contributed by atoms with Crippen LogP contribution in [0.4, 0.5) is 0 Å². The van der Waals surface area contributed by atoms with Crippen molar-refractivity contribution in [1.82, 2.24) is 0 Å². The van der Waals surface area contributed by atoms with Gasteiger partial charge < -0.3 is 19.7 Å². The second-order valence-corrected chi connectivity index (χ2v) is 7.87. The van der Waals surface area contributed by atoms with Crippen molar-refractivity contribution in [3.63, 3.8) is 0 Å². The summed E-state index contributed by atoms with van der Waals surface area (Å²) in [6, 6.07) is 23.7. The summed E-state index contributed by atoms with van der Waals surface area (Å²) in [5, 5.41) is 21.8. The molecule has 0 aliphatic heterocycles. The second kappa shape index (κ2) is 10.1. The molecule has 0 aromatic heterocycles. The summed E-state index contributed by atoms with van der Waals surface area (Å²) in [6.07, 6.45) is 0.0942. The third kappa shape index (κ3) is 4.59. The SMILES string of the molecule is COc1ccc(Cc2ccc(OC)c(O)c2C(=O)c2ccccc2)c(C(=O)c2ccccc2)c1O. The normalized spacial score (nSPS) is 10.6. The molecule has 0 spiro atoms. The highest BCUT2D eigenvalue weighted by Crippen LogP contribution is 2.38. The van der Waals surface area contributed by atoms with Gasteiger partial charge in [0.1, 0.15) is 0 Å². The Bertz CT molecular complexity index is 1270. The number of methoxy groups -OCH3 is 2. The summed E-state index contributed by atoms with van der Waals surface area (Å²) in [5.41, 5.74) is 1.89. The Hall–Kier alpha value is -4.58. The summed E-state index contributed by atoms with van der Waals surface area (Å²) in [7, 11) is 2.81. The highest BCUT2D eigenvalue weighted by Gasteiger charge is 2.25. The van der Waals surface area contributed by atoms with Gasteiger partial charge in [0.25, 0.3) is 0 Å². The molecule has 0 saturated carbocycles. The standard InChI is InChI=1S/C29H24O6/c1-34-22-15-13-20(24(28(22)32)26(30)18-9-5-3-6-10-18)17-21-14-16-23(35-2)29(33)25(21)27(31)19-11-7-4-8-12-19/h3-16,32-33H,17H2,1-2H3. The lowest BCUT2D eigenvalue weighted by atomic mass is 9.89. The zero-order valence-electron chi connectivity index (χ0n) is 19.3. The maximum Gasteiger partial charge on any atom is 0.197 e. The first kappa shape index (κ1) is 23.6. The quantitative estimate of drug-likeness (QED) is 0.347. The molecule has 0 aliphatic carbocycles. The summed E-state index contributed by atoms with van der Waals surface area (Å²) >= 11 is 0. The Morgan fingerprint density at radius 1 is 0.600 bits per heavy atom. The van der Waals surface area contributed by atoms with E-state index in [1.807, 2.05) is 0 Å². The first-order valence-electron chi connectivity index (χ1n) is 10.9. The van der Waals surface area contributed by atoms with Gasteiger partial charge in [-0.1, -0.05) is 72.8 Å². The van der Waals surface area contributed by atoms with Crippen LogP contribution in [0.5, 0.6) is 23.0 Å². The number of hydrogen-bond donors (Lipinski definition) is 2. The molecule has 0 aliphatic rings. The molecule has 2 N–H and O–H groups in total. The van der Waals surface area contributed by atoms with E-state index in [4.69, 9.17) is 9.47 Å². The average molecular weight is 469 g/mol. The van der Waals surface area contributed by atoms with Crippen LogP contribution >= 0.6 is 0 Å². The van der Waals surface area contributed by atoms with Gasteiger partial charge in [0, 0.05) is 11.1 Å². The van der Waals surface area contributed by atoms with Crippen molar-refractivity contribution in [3.05, 3.63) is 118 Å². The summed E-state index contributed by atoms with van der Waals surface area (Å²) in [6.45, 7) is 0. The Morgan fingerprint density at radius 2 is 0.971 bits per heavy atom. The number of phenols is 2. The molecular formula is C29H24O6. The van der Waals surface area contributed by atoms with Crippen molar-refractivity contribution < 1.29 is 29.3 Å². The topological polar surface area (TPSA) is 93.1 Å². The molecule has 35 heavy (non-hydrogen) atoms. The fourth-order valence-corrected chi connectivity index (χ4v) is 4.03. The summed E-state index contributed by atoms with van der Waals surface area (Å²) in [5.74, 6) is -1.02. The number of phenolic OH excluding ortho intramolecular Hbond substituents is 2. The van der Waals surface area contributed by atoms with E-state index in [1.54, 1.807) is 84.9 Å². The molecule has 0 radical (unpaired) electrons. The first-order chi connectivity index (χ1) is 17.0. The monoisotopic (exact) mass is 468 g/mol. The minimum absolute atomic E-state index is 0.0731. The molecule has 6 nitrogen and oxygen atoms in total. The van der Waals surface area contributed by atoms with E-state index in [9.17, 15) is 19.8 Å². The predicted octanol–water partition coefficient (Wildman–Crippen LogP) is 5.17. The number of carbonyl (C=O) groups excluding carboxylic acids is 2. The first-order valence-corrected chi connectivity index (χ1v) is 10.9. The van der Waals surface area contributed by atoms with E-state index >= 15 is 0 Å². The number of carbonyl (C=O) groups is 2. The van der Waals surface area contributed by atoms with E-state index in [0.29, 0.717) is 22.3 Å². The highest BCUT2D eigenvalue weighted by molar-refractivity contribution is 6.13. The van der Waals surface area contributed by atoms with Crippen LogP contribution in [0, 0.1) is 0 Å². The molecule has 0 bridgehead atoms. The molecule has 4 aromatic rings. The van der Waals surface area contributed by atoms with Gasteiger partial charge in [0.2, 0.25) is 0 Å². The van der Waals surface area contributed by atoms with E-state index in [-0.39, 0.29) is 52.1 Å². The molecule has 0 unspecified atom stereocenters. The van der Waals surface area contributed by atoms with Crippen LogP contribution in [0.1, 0.15) is 43.0 Å². The maximum atomic E-state index is 13.4. The summed E-state index contributed by atoms with van der Waals surface area (Å²) < 4.78 is 10.5. The minimum Gasteiger partial charge on any atom is -0.504 e. The third-order valence-corrected chi connectivity index (χ3v) is 5.80. The third-order valence-electron chi connectivity index (χ3n) is 5.80. The average Bonchev–Trinajstić information content (AvgIpc) is 2.89. The number of aromatic hydroxyl groups is 2. The molecule has 0 fully saturated rings. The molecule has 4 rings (SSSR count). The smallest absolute Gasteiger partial charge is 0.197 e. The van der Waals surface area contributed by atoms with Gasteiger partial charge in [-0.2, -0.15) is 0 Å². The predicted molar refractivity (Wildman–Crippen MR) is 132 cm³/mol. The Labute approximate surface area is 203 Å². The summed E-state index contributed by atoms with van der Waals surface area (Å²) in [4.78, 5) is 26.8. The molecule has 176 valence electrons. The van der Waals surface area contributed by atoms with Gasteiger partial charge in [-0.05, 0) is 29.7 Å². The second-order valence-electron chi connectivity index (χ2n) is 7.87. The fraction of sp³-hybridized carbons (Fsp3) is 0.103. The van der Waals surface area contributed by atoms with Gasteiger partial charge in [-0.25, -0.2) is 0 Å². The lowest BCUT2D eigenvalue weighted by Gasteiger charge is -2.17. The van der Waals surface area contributed by atoms with E-state index in [1.165, 1.54) is 14.2 Å². The fourth-order valence-electron chi connectivity index (χ4n) is 4.03. The lowest BCUT2D eigenvalue weighted by Crippen LogP contribution is -2.11. The number of rotatable bonds is 8. The number of ether oxygens (including phenoxy) is 2. The van der Waals surface area contributed by atoms with Crippen LogP contribution in [0.25, 0.3) is 0 Å². The van der Waals surface area contributed by atoms with Crippen molar-refractivity contribution in [2.45, 2.75) is 6.42 Å². The van der Waals surface area contributed by atoms with Crippen LogP contribution < -0.4 is 9.47 Å². The number of hydrogen-bond acceptors (Lipinski definition) is 6. The Balaban J connectivity index is 1.87. The number of ketones is 2. The lowest BCUT2D eigenvalue weighted by molar-refractivity contribution is 0.102. The van der Waals surface area contributed by atoms with E-state index in [0.717, 1.165) is 0 Å². The van der Waals surface area contributed by atoms with Gasteiger partial charge in [0.05, 0.1) is 25.3 Å². The minimum atomic E-state index is -0.384. The Kier molecular flexibility index (Phi) is 6.83. The van der Waals surface area contributed by atoms with Crippen molar-refractivity contribution in [3.8, 4) is 23.0 Å². The zero-order chi connectivity index (χ0) is 24.9. The van der Waals surface area contributed by atoms with Crippen molar-refractivity contribution in [2.24, 2.45) is 0 Å². The molecule has 0 heterocycles. The maximum absolute atomic E-state index is 13.4. The van der Waals surface area contributed by atoms with Crippen LogP contribution in [0.2, 0.25) is 0 Å². The van der Waals surface area contributed by atoms with E-state index in [2.05, 4.69) is 0 Å². The van der Waals surface area contributed by atoms with Crippen LogP contribution in [-0.2, 0) is 6.42 Å². The zero-order valence-corrected chi connectivity index (χ0v) is 19.3. The largest absolute Gasteiger partial charge is 0.504 e. The molecule has 4 aromatic carbocycles. The number of benzene rings is 4. The Morgan fingerprint density at radius 3 is 1.31 bits per heavy atom. The van der Waals surface area contributed by atoms with Crippen molar-refractivity contribution in [2.75, 3.05) is 14.2 Å².